The van der Waals surface area contributed by atoms with Crippen LogP contribution in [0.4, 0.5) is 0 Å². The first-order valence-electron chi connectivity index (χ1n) is 6.88. The molecular formula is C15H16N2O3S. The molecule has 1 aliphatic heterocycles. The minimum atomic E-state index is -0.0286. The number of hydrogen-bond donors (Lipinski definition) is 1. The number of carbonyl (C=O) groups excluding carboxylic acids is 1. The lowest BCUT2D eigenvalue weighted by molar-refractivity contribution is -0.132. The van der Waals surface area contributed by atoms with Crippen molar-refractivity contribution < 1.29 is 13.9 Å². The van der Waals surface area contributed by atoms with Gasteiger partial charge in [0.1, 0.15) is 10.6 Å². The molecule has 1 aromatic carbocycles. The molecule has 0 aliphatic carbocycles. The molecule has 0 saturated carbocycles. The SMILES string of the molecule is NC(=S)c1oc2ccccc2c1OCC(=O)N1CCCC1. The van der Waals surface area contributed by atoms with Crippen LogP contribution in [-0.2, 0) is 4.79 Å². The Labute approximate surface area is 127 Å². The topological polar surface area (TPSA) is 68.7 Å². The molecule has 2 heterocycles. The van der Waals surface area contributed by atoms with Crippen LogP contribution < -0.4 is 10.5 Å². The molecule has 0 radical (unpaired) electrons. The highest BCUT2D eigenvalue weighted by atomic mass is 32.1. The number of rotatable bonds is 4. The van der Waals surface area contributed by atoms with Crippen LogP contribution in [0.15, 0.2) is 28.7 Å². The third kappa shape index (κ3) is 2.71. The van der Waals surface area contributed by atoms with E-state index in [-0.39, 0.29) is 17.5 Å². The zero-order valence-electron chi connectivity index (χ0n) is 11.5. The molecule has 5 nitrogen and oxygen atoms in total. The van der Waals surface area contributed by atoms with Gasteiger partial charge in [-0.15, -0.1) is 0 Å². The summed E-state index contributed by atoms with van der Waals surface area (Å²) < 4.78 is 11.3. The Morgan fingerprint density at radius 3 is 2.76 bits per heavy atom. The third-order valence-electron chi connectivity index (χ3n) is 3.57. The number of furan rings is 1. The van der Waals surface area contributed by atoms with Gasteiger partial charge >= 0.3 is 0 Å². The number of thiocarbonyl (C=S) groups is 1. The lowest BCUT2D eigenvalue weighted by Gasteiger charge is -2.15. The van der Waals surface area contributed by atoms with Gasteiger partial charge < -0.3 is 19.8 Å². The average molecular weight is 304 g/mol. The maximum absolute atomic E-state index is 12.1. The lowest BCUT2D eigenvalue weighted by Crippen LogP contribution is -2.32. The predicted octanol–water partition coefficient (Wildman–Crippen LogP) is 2.07. The van der Waals surface area contributed by atoms with E-state index in [1.54, 1.807) is 0 Å². The molecule has 3 rings (SSSR count). The van der Waals surface area contributed by atoms with Crippen molar-refractivity contribution in [3.8, 4) is 5.75 Å². The highest BCUT2D eigenvalue weighted by Gasteiger charge is 2.22. The van der Waals surface area contributed by atoms with Crippen molar-refractivity contribution in [3.05, 3.63) is 30.0 Å². The summed E-state index contributed by atoms with van der Waals surface area (Å²) in [7, 11) is 0. The van der Waals surface area contributed by atoms with E-state index in [0.717, 1.165) is 31.3 Å². The second-order valence-corrected chi connectivity index (χ2v) is 5.44. The van der Waals surface area contributed by atoms with E-state index in [1.165, 1.54) is 0 Å². The second-order valence-electron chi connectivity index (χ2n) is 5.00. The van der Waals surface area contributed by atoms with Gasteiger partial charge in [-0.05, 0) is 25.0 Å². The van der Waals surface area contributed by atoms with E-state index in [1.807, 2.05) is 29.2 Å². The minimum Gasteiger partial charge on any atom is -0.479 e. The fraction of sp³-hybridized carbons (Fsp3) is 0.333. The first kappa shape index (κ1) is 13.9. The zero-order chi connectivity index (χ0) is 14.8. The highest BCUT2D eigenvalue weighted by molar-refractivity contribution is 7.80. The number of likely N-dealkylation sites (tertiary alicyclic amines) is 1. The van der Waals surface area contributed by atoms with Gasteiger partial charge in [0.25, 0.3) is 5.91 Å². The number of amides is 1. The van der Waals surface area contributed by atoms with E-state index in [2.05, 4.69) is 0 Å². The summed E-state index contributed by atoms with van der Waals surface area (Å²) in [4.78, 5) is 14.0. The van der Waals surface area contributed by atoms with Gasteiger partial charge in [-0.2, -0.15) is 0 Å². The number of nitrogens with zero attached hydrogens (tertiary/aromatic N) is 1. The van der Waals surface area contributed by atoms with E-state index in [4.69, 9.17) is 27.1 Å². The molecule has 1 amide bonds. The monoisotopic (exact) mass is 304 g/mol. The first-order valence-corrected chi connectivity index (χ1v) is 7.29. The lowest BCUT2D eigenvalue weighted by atomic mass is 10.2. The molecule has 2 aromatic rings. The average Bonchev–Trinajstić information content (AvgIpc) is 3.12. The predicted molar refractivity (Wildman–Crippen MR) is 83.4 cm³/mol. The Kier molecular flexibility index (Phi) is 3.79. The van der Waals surface area contributed by atoms with Crippen molar-refractivity contribution in [3.63, 3.8) is 0 Å². The molecule has 1 fully saturated rings. The number of hydrogen-bond acceptors (Lipinski definition) is 4. The van der Waals surface area contributed by atoms with Crippen molar-refractivity contribution in [2.24, 2.45) is 5.73 Å². The summed E-state index contributed by atoms with van der Waals surface area (Å²) in [5.41, 5.74) is 6.31. The molecule has 1 aliphatic rings. The Hall–Kier alpha value is -2.08. The molecule has 0 unspecified atom stereocenters. The fourth-order valence-corrected chi connectivity index (χ4v) is 2.65. The van der Waals surface area contributed by atoms with Crippen LogP contribution >= 0.6 is 12.2 Å². The van der Waals surface area contributed by atoms with Gasteiger partial charge in [-0.25, -0.2) is 0 Å². The van der Waals surface area contributed by atoms with Gasteiger partial charge in [0, 0.05) is 13.1 Å². The Balaban J connectivity index is 1.83. The van der Waals surface area contributed by atoms with Crippen molar-refractivity contribution in [2.45, 2.75) is 12.8 Å². The number of fused-ring (bicyclic) bond motifs is 1. The van der Waals surface area contributed by atoms with Crippen LogP contribution in [0.25, 0.3) is 11.0 Å². The van der Waals surface area contributed by atoms with Crippen LogP contribution in [0.1, 0.15) is 18.6 Å². The van der Waals surface area contributed by atoms with E-state index >= 15 is 0 Å². The zero-order valence-corrected chi connectivity index (χ0v) is 12.3. The Bertz CT molecular complexity index is 689. The Morgan fingerprint density at radius 2 is 2.05 bits per heavy atom. The van der Waals surface area contributed by atoms with Gasteiger partial charge in [0.2, 0.25) is 5.76 Å². The standard InChI is InChI=1S/C15H16N2O3S/c16-15(21)14-13(10-5-1-2-6-11(10)20-14)19-9-12(18)17-7-3-4-8-17/h1-2,5-6H,3-4,7-9H2,(H2,16,21). The van der Waals surface area contributed by atoms with Gasteiger partial charge in [0.05, 0.1) is 5.39 Å². The Morgan fingerprint density at radius 1 is 1.33 bits per heavy atom. The van der Waals surface area contributed by atoms with Crippen molar-refractivity contribution >= 4 is 34.1 Å². The van der Waals surface area contributed by atoms with Gasteiger partial charge in [0.15, 0.2) is 12.4 Å². The summed E-state index contributed by atoms with van der Waals surface area (Å²) in [5.74, 6) is 0.748. The third-order valence-corrected chi connectivity index (χ3v) is 3.76. The smallest absolute Gasteiger partial charge is 0.260 e. The van der Waals surface area contributed by atoms with Crippen LogP contribution in [-0.4, -0.2) is 35.5 Å². The van der Waals surface area contributed by atoms with E-state index < -0.39 is 0 Å². The van der Waals surface area contributed by atoms with Crippen LogP contribution in [0.2, 0.25) is 0 Å². The fourth-order valence-electron chi connectivity index (χ4n) is 2.52. The molecule has 1 aromatic heterocycles. The second kappa shape index (κ2) is 5.73. The molecule has 0 bridgehead atoms. The normalized spacial score (nSPS) is 14.6. The van der Waals surface area contributed by atoms with Crippen molar-refractivity contribution in [2.75, 3.05) is 19.7 Å². The summed E-state index contributed by atoms with van der Waals surface area (Å²) in [5, 5.41) is 0.773. The first-order chi connectivity index (χ1) is 10.2. The summed E-state index contributed by atoms with van der Waals surface area (Å²) in [6.07, 6.45) is 2.11. The van der Waals surface area contributed by atoms with Gasteiger partial charge in [-0.3, -0.25) is 4.79 Å². The van der Waals surface area contributed by atoms with Crippen molar-refractivity contribution in [1.29, 1.82) is 0 Å². The van der Waals surface area contributed by atoms with E-state index in [9.17, 15) is 4.79 Å². The van der Waals surface area contributed by atoms with Crippen LogP contribution in [0, 0.1) is 0 Å². The largest absolute Gasteiger partial charge is 0.479 e. The molecular weight excluding hydrogens is 288 g/mol. The van der Waals surface area contributed by atoms with Crippen LogP contribution in [0.3, 0.4) is 0 Å². The number of nitrogens with two attached hydrogens (primary N) is 1. The number of ether oxygens (including phenoxy) is 1. The minimum absolute atomic E-state index is 0.0216. The number of benzene rings is 1. The maximum atomic E-state index is 12.1. The number of carbonyl (C=O) groups is 1. The van der Waals surface area contributed by atoms with Crippen molar-refractivity contribution in [1.82, 2.24) is 4.90 Å². The molecule has 110 valence electrons. The maximum Gasteiger partial charge on any atom is 0.260 e. The number of para-hydroxylation sites is 1. The quantitative estimate of drug-likeness (QED) is 0.876. The molecule has 2 N–H and O–H groups in total. The summed E-state index contributed by atoms with van der Waals surface area (Å²) >= 11 is 4.99. The molecule has 0 atom stereocenters. The molecule has 0 spiro atoms. The summed E-state index contributed by atoms with van der Waals surface area (Å²) in [6, 6.07) is 7.40. The van der Waals surface area contributed by atoms with Gasteiger partial charge in [-0.1, -0.05) is 24.4 Å². The molecule has 21 heavy (non-hydrogen) atoms. The van der Waals surface area contributed by atoms with E-state index in [0.29, 0.717) is 17.1 Å². The molecule has 1 saturated heterocycles. The summed E-state index contributed by atoms with van der Waals surface area (Å²) in [6.45, 7) is 1.58. The molecule has 6 heteroatoms. The highest BCUT2D eigenvalue weighted by Crippen LogP contribution is 2.33. The van der Waals surface area contributed by atoms with Crippen LogP contribution in [0.5, 0.6) is 5.75 Å².